The summed E-state index contributed by atoms with van der Waals surface area (Å²) in [5, 5.41) is 12.7. The molecule has 2 unspecified atom stereocenters. The molecule has 2 atom stereocenters. The van der Waals surface area contributed by atoms with Crippen molar-refractivity contribution in [2.24, 2.45) is 0 Å². The lowest BCUT2D eigenvalue weighted by atomic mass is 10.0. The first-order valence-corrected chi connectivity index (χ1v) is 11.2. The molecule has 6 nitrogen and oxygen atoms in total. The van der Waals surface area contributed by atoms with Gasteiger partial charge in [0.2, 0.25) is 11.1 Å². The van der Waals surface area contributed by atoms with Crippen LogP contribution in [0.15, 0.2) is 47.6 Å². The first-order valence-electron chi connectivity index (χ1n) is 9.97. The number of nitrogens with zero attached hydrogens (tertiary/aromatic N) is 3. The van der Waals surface area contributed by atoms with Gasteiger partial charge in [-0.2, -0.15) is 0 Å². The Morgan fingerprint density at radius 3 is 2.70 bits per heavy atom. The minimum absolute atomic E-state index is 0.0764. The zero-order chi connectivity index (χ0) is 21.3. The summed E-state index contributed by atoms with van der Waals surface area (Å²) in [4.78, 5) is 13.4. The highest BCUT2D eigenvalue weighted by Crippen LogP contribution is 2.38. The van der Waals surface area contributed by atoms with E-state index in [4.69, 9.17) is 11.6 Å². The van der Waals surface area contributed by atoms with Crippen molar-refractivity contribution in [2.45, 2.75) is 50.1 Å². The largest absolute Gasteiger partial charge is 0.325 e. The molecule has 30 heavy (non-hydrogen) atoms. The fourth-order valence-electron chi connectivity index (χ4n) is 3.48. The number of fused-ring (bicyclic) bond motifs is 1. The zero-order valence-corrected chi connectivity index (χ0v) is 18.7. The van der Waals surface area contributed by atoms with Crippen LogP contribution in [-0.2, 0) is 11.2 Å². The molecule has 0 fully saturated rings. The van der Waals surface area contributed by atoms with Crippen LogP contribution in [0.3, 0.4) is 0 Å². The molecule has 2 N–H and O–H groups in total. The molecule has 0 radical (unpaired) electrons. The molecule has 156 valence electrons. The number of aromatic nitrogens is 3. The maximum absolute atomic E-state index is 13.4. The molecule has 2 aromatic carbocycles. The van der Waals surface area contributed by atoms with Crippen molar-refractivity contribution in [3.63, 3.8) is 0 Å². The van der Waals surface area contributed by atoms with Gasteiger partial charge in [-0.25, -0.2) is 4.68 Å². The van der Waals surface area contributed by atoms with Gasteiger partial charge in [0, 0.05) is 17.1 Å². The van der Waals surface area contributed by atoms with Gasteiger partial charge in [-0.05, 0) is 55.2 Å². The minimum Gasteiger partial charge on any atom is -0.325 e. The minimum atomic E-state index is -0.419. The molecule has 0 bridgehead atoms. The van der Waals surface area contributed by atoms with Crippen LogP contribution in [0.1, 0.15) is 41.9 Å². The Balaban J connectivity index is 1.68. The normalized spacial score (nSPS) is 17.9. The lowest BCUT2D eigenvalue weighted by molar-refractivity contribution is -0.116. The van der Waals surface area contributed by atoms with Crippen LogP contribution in [0.25, 0.3) is 0 Å². The van der Waals surface area contributed by atoms with E-state index in [0.29, 0.717) is 10.2 Å². The van der Waals surface area contributed by atoms with Crippen molar-refractivity contribution < 1.29 is 4.79 Å². The topological polar surface area (TPSA) is 71.8 Å². The van der Waals surface area contributed by atoms with E-state index in [1.54, 1.807) is 0 Å². The van der Waals surface area contributed by atoms with E-state index in [1.807, 2.05) is 61.0 Å². The van der Waals surface area contributed by atoms with E-state index in [1.165, 1.54) is 11.8 Å². The van der Waals surface area contributed by atoms with Crippen LogP contribution in [0.5, 0.6) is 0 Å². The lowest BCUT2D eigenvalue weighted by Crippen LogP contribution is -2.41. The van der Waals surface area contributed by atoms with Gasteiger partial charge in [-0.1, -0.05) is 54.6 Å². The number of carbonyl (C=O) groups is 1. The lowest BCUT2D eigenvalue weighted by Gasteiger charge is -2.33. The highest BCUT2D eigenvalue weighted by atomic mass is 35.5. The third-order valence-electron chi connectivity index (χ3n) is 5.12. The molecular formula is C22H24ClN5OS. The molecule has 1 aliphatic heterocycles. The Labute approximate surface area is 185 Å². The van der Waals surface area contributed by atoms with Crippen molar-refractivity contribution in [3.8, 4) is 0 Å². The molecule has 1 aliphatic rings. The number of thioether (sulfide) groups is 1. The van der Waals surface area contributed by atoms with Gasteiger partial charge in [0.15, 0.2) is 5.82 Å². The van der Waals surface area contributed by atoms with Crippen molar-refractivity contribution in [2.75, 3.05) is 10.7 Å². The van der Waals surface area contributed by atoms with Crippen LogP contribution in [0.4, 0.5) is 5.69 Å². The summed E-state index contributed by atoms with van der Waals surface area (Å²) >= 11 is 7.52. The predicted molar refractivity (Wildman–Crippen MR) is 122 cm³/mol. The van der Waals surface area contributed by atoms with Gasteiger partial charge in [-0.15, -0.1) is 10.2 Å². The van der Waals surface area contributed by atoms with Gasteiger partial charge in [0.05, 0.1) is 6.04 Å². The Hall–Kier alpha value is -2.51. The van der Waals surface area contributed by atoms with E-state index in [2.05, 4.69) is 27.9 Å². The predicted octanol–water partition coefficient (Wildman–Crippen LogP) is 4.90. The number of carbonyl (C=O) groups excluding carboxylic acids is 1. The summed E-state index contributed by atoms with van der Waals surface area (Å²) in [6.45, 7) is 6.11. The summed E-state index contributed by atoms with van der Waals surface area (Å²) in [6, 6.07) is 13.4. The van der Waals surface area contributed by atoms with Gasteiger partial charge in [-0.3, -0.25) is 4.79 Å². The van der Waals surface area contributed by atoms with Crippen LogP contribution >= 0.6 is 23.4 Å². The molecule has 8 heteroatoms. The van der Waals surface area contributed by atoms with Crippen molar-refractivity contribution in [3.05, 3.63) is 70.0 Å². The monoisotopic (exact) mass is 441 g/mol. The van der Waals surface area contributed by atoms with E-state index >= 15 is 0 Å². The van der Waals surface area contributed by atoms with Gasteiger partial charge in [0.1, 0.15) is 5.25 Å². The number of benzene rings is 2. The standard InChI is InChI=1S/C22H24ClN5OS/c1-4-5-18-25-26-22-28(18)27-19(15-8-10-16(23)11-9-15)20(30-22)21(29)24-17-12-13(2)6-7-14(17)3/h6-12,19-20,27H,4-5H2,1-3H3,(H,24,29). The highest BCUT2D eigenvalue weighted by Gasteiger charge is 2.37. The number of amides is 1. The number of halogens is 1. The van der Waals surface area contributed by atoms with E-state index in [0.717, 1.165) is 41.0 Å². The molecular weight excluding hydrogens is 418 g/mol. The summed E-state index contributed by atoms with van der Waals surface area (Å²) in [5.41, 5.74) is 7.41. The third-order valence-corrected chi connectivity index (χ3v) is 6.58. The molecule has 4 rings (SSSR count). The molecule has 2 heterocycles. The molecule has 0 saturated carbocycles. The number of nitrogens with one attached hydrogen (secondary N) is 2. The number of rotatable bonds is 5. The average Bonchev–Trinajstić information content (AvgIpc) is 3.12. The van der Waals surface area contributed by atoms with Gasteiger partial charge in [0.25, 0.3) is 0 Å². The first kappa shape index (κ1) is 20.8. The second-order valence-corrected chi connectivity index (χ2v) is 9.03. The van der Waals surface area contributed by atoms with Crippen LogP contribution < -0.4 is 10.7 Å². The molecule has 0 aliphatic carbocycles. The molecule has 0 saturated heterocycles. The summed E-state index contributed by atoms with van der Waals surface area (Å²) in [5.74, 6) is 0.791. The molecule has 1 amide bonds. The van der Waals surface area contributed by atoms with E-state index < -0.39 is 5.25 Å². The Morgan fingerprint density at radius 2 is 1.97 bits per heavy atom. The number of aryl methyl sites for hydroxylation is 3. The van der Waals surface area contributed by atoms with E-state index in [9.17, 15) is 4.79 Å². The van der Waals surface area contributed by atoms with Crippen molar-refractivity contribution in [1.82, 2.24) is 14.9 Å². The number of hydrogen-bond acceptors (Lipinski definition) is 5. The Morgan fingerprint density at radius 1 is 1.20 bits per heavy atom. The molecule has 0 spiro atoms. The highest BCUT2D eigenvalue weighted by molar-refractivity contribution is 8.00. The second kappa shape index (κ2) is 8.70. The Bertz CT molecular complexity index is 1070. The SMILES string of the molecule is CCCc1nnc2n1NC(c1ccc(Cl)cc1)C(C(=O)Nc1cc(C)ccc1C)S2. The fourth-order valence-corrected chi connectivity index (χ4v) is 4.70. The third kappa shape index (κ3) is 4.18. The molecule has 3 aromatic rings. The molecule has 1 aromatic heterocycles. The fraction of sp³-hybridized carbons (Fsp3) is 0.318. The first-order chi connectivity index (χ1) is 14.5. The second-order valence-electron chi connectivity index (χ2n) is 7.49. The summed E-state index contributed by atoms with van der Waals surface area (Å²) in [7, 11) is 0. The zero-order valence-electron chi connectivity index (χ0n) is 17.1. The Kier molecular flexibility index (Phi) is 6.01. The van der Waals surface area contributed by atoms with E-state index in [-0.39, 0.29) is 11.9 Å². The van der Waals surface area contributed by atoms with Gasteiger partial charge >= 0.3 is 0 Å². The summed E-state index contributed by atoms with van der Waals surface area (Å²) in [6.07, 6.45) is 1.78. The van der Waals surface area contributed by atoms with Crippen LogP contribution in [0.2, 0.25) is 5.02 Å². The average molecular weight is 442 g/mol. The number of hydrogen-bond donors (Lipinski definition) is 2. The van der Waals surface area contributed by atoms with Crippen LogP contribution in [-0.4, -0.2) is 26.0 Å². The number of anilines is 1. The summed E-state index contributed by atoms with van der Waals surface area (Å²) < 4.78 is 1.91. The quantitative estimate of drug-likeness (QED) is 0.589. The smallest absolute Gasteiger partial charge is 0.240 e. The van der Waals surface area contributed by atoms with Crippen molar-refractivity contribution in [1.29, 1.82) is 0 Å². The van der Waals surface area contributed by atoms with Crippen molar-refractivity contribution >= 4 is 35.0 Å². The maximum Gasteiger partial charge on any atom is 0.240 e. The van der Waals surface area contributed by atoms with Crippen LogP contribution in [0, 0.1) is 13.8 Å². The maximum atomic E-state index is 13.4. The van der Waals surface area contributed by atoms with Gasteiger partial charge < -0.3 is 10.7 Å².